The molecule has 0 aliphatic carbocycles. The fourth-order valence-electron chi connectivity index (χ4n) is 0.431. The maximum absolute atomic E-state index is 7.16. The van der Waals surface area contributed by atoms with Crippen molar-refractivity contribution in [2.75, 3.05) is 0 Å². The van der Waals surface area contributed by atoms with Gasteiger partial charge >= 0.3 is 0 Å². The SMILES string of the molecule is [2H]C([2H])([2H])c1cc(Br)c(C([2H])([2H])[2H])cn1. The first-order chi connectivity index (χ1) is 6.62. The smallest absolute Gasteiger partial charge is 0.0384 e. The monoisotopic (exact) mass is 191 g/mol. The third-order valence-corrected chi connectivity index (χ3v) is 1.51. The van der Waals surface area contributed by atoms with Crippen LogP contribution in [0.4, 0.5) is 0 Å². The van der Waals surface area contributed by atoms with Crippen LogP contribution in [-0.2, 0) is 0 Å². The Kier molecular flexibility index (Phi) is 0.647. The van der Waals surface area contributed by atoms with Crippen LogP contribution in [0, 0.1) is 13.7 Å². The number of halogens is 1. The molecule has 1 aromatic rings. The van der Waals surface area contributed by atoms with Crippen LogP contribution in [0.3, 0.4) is 0 Å². The number of rotatable bonds is 0. The predicted octanol–water partition coefficient (Wildman–Crippen LogP) is 2.46. The molecule has 0 fully saturated rings. The minimum Gasteiger partial charge on any atom is -0.261 e. The highest BCUT2D eigenvalue weighted by atomic mass is 79.9. The summed E-state index contributed by atoms with van der Waals surface area (Å²) in [4.78, 5) is 3.62. The number of pyridine rings is 1. The highest BCUT2D eigenvalue weighted by Gasteiger charge is 1.92. The highest BCUT2D eigenvalue weighted by Crippen LogP contribution is 2.14. The molecule has 0 N–H and O–H groups in total. The molecule has 48 valence electrons. The lowest BCUT2D eigenvalue weighted by Gasteiger charge is -1.95. The van der Waals surface area contributed by atoms with E-state index in [0.29, 0.717) is 0 Å². The summed E-state index contributed by atoms with van der Waals surface area (Å²) in [6, 6.07) is 1.22. The van der Waals surface area contributed by atoms with Gasteiger partial charge in [0.1, 0.15) is 0 Å². The highest BCUT2D eigenvalue weighted by molar-refractivity contribution is 9.10. The zero-order valence-corrected chi connectivity index (χ0v) is 6.07. The second-order valence-corrected chi connectivity index (χ2v) is 2.40. The average Bonchev–Trinajstić information content (AvgIpc) is 1.99. The first kappa shape index (κ1) is 2.35. The minimum absolute atomic E-state index is 0.00972. The molecule has 0 aromatic carbocycles. The third kappa shape index (κ3) is 1.52. The van der Waals surface area contributed by atoms with Crippen LogP contribution < -0.4 is 0 Å². The van der Waals surface area contributed by atoms with Crippen molar-refractivity contribution in [2.45, 2.75) is 13.7 Å². The van der Waals surface area contributed by atoms with Gasteiger partial charge in [0.15, 0.2) is 0 Å². The van der Waals surface area contributed by atoms with Crippen molar-refractivity contribution < 1.29 is 8.22 Å². The van der Waals surface area contributed by atoms with Crippen molar-refractivity contribution in [1.82, 2.24) is 4.98 Å². The van der Waals surface area contributed by atoms with E-state index < -0.39 is 13.7 Å². The molecule has 0 radical (unpaired) electrons. The quantitative estimate of drug-likeness (QED) is 0.615. The Morgan fingerprint density at radius 3 is 3.11 bits per heavy atom. The minimum atomic E-state index is -2.32. The number of nitrogens with zero attached hydrogens (tertiary/aromatic N) is 1. The zero-order valence-electron chi connectivity index (χ0n) is 10.5. The van der Waals surface area contributed by atoms with E-state index in [0.717, 1.165) is 6.20 Å². The van der Waals surface area contributed by atoms with Gasteiger partial charge in [-0.1, -0.05) is 15.9 Å². The van der Waals surface area contributed by atoms with Gasteiger partial charge in [-0.15, -0.1) is 0 Å². The fourth-order valence-corrected chi connectivity index (χ4v) is 0.750. The van der Waals surface area contributed by atoms with Gasteiger partial charge in [0.25, 0.3) is 0 Å². The van der Waals surface area contributed by atoms with E-state index in [9.17, 15) is 0 Å². The molecule has 0 bridgehead atoms. The Labute approximate surface area is 71.7 Å². The zero-order chi connectivity index (χ0) is 11.9. The summed E-state index contributed by atoms with van der Waals surface area (Å²) in [5, 5.41) is 0. The summed E-state index contributed by atoms with van der Waals surface area (Å²) >= 11 is 3.03. The van der Waals surface area contributed by atoms with E-state index >= 15 is 0 Å². The van der Waals surface area contributed by atoms with Gasteiger partial charge in [-0.05, 0) is 25.3 Å². The van der Waals surface area contributed by atoms with Crippen molar-refractivity contribution in [1.29, 1.82) is 0 Å². The van der Waals surface area contributed by atoms with E-state index in [-0.39, 0.29) is 15.7 Å². The third-order valence-electron chi connectivity index (χ3n) is 0.853. The maximum Gasteiger partial charge on any atom is 0.0384 e. The Morgan fingerprint density at radius 2 is 2.56 bits per heavy atom. The van der Waals surface area contributed by atoms with Crippen LogP contribution in [0.15, 0.2) is 16.7 Å². The molecule has 0 saturated carbocycles. The van der Waals surface area contributed by atoms with Crippen LogP contribution in [0.25, 0.3) is 0 Å². The molecule has 0 amide bonds. The molecule has 1 nitrogen and oxygen atoms in total. The topological polar surface area (TPSA) is 12.9 Å². The molecule has 1 aromatic heterocycles. The molecule has 0 aliphatic heterocycles. The van der Waals surface area contributed by atoms with Crippen molar-refractivity contribution in [3.8, 4) is 0 Å². The van der Waals surface area contributed by atoms with Crippen LogP contribution in [0.5, 0.6) is 0 Å². The van der Waals surface area contributed by atoms with E-state index in [1.54, 1.807) is 0 Å². The van der Waals surface area contributed by atoms with Crippen molar-refractivity contribution in [3.63, 3.8) is 0 Å². The van der Waals surface area contributed by atoms with E-state index in [1.807, 2.05) is 0 Å². The summed E-state index contributed by atoms with van der Waals surface area (Å²) in [6.07, 6.45) is 1.07. The molecular weight excluding hydrogens is 178 g/mol. The second-order valence-electron chi connectivity index (χ2n) is 1.55. The van der Waals surface area contributed by atoms with E-state index in [1.165, 1.54) is 6.07 Å². The van der Waals surface area contributed by atoms with E-state index in [2.05, 4.69) is 20.9 Å². The Bertz CT molecular complexity index is 369. The summed E-state index contributed by atoms with van der Waals surface area (Å²) in [6.45, 7) is -4.62. The summed E-state index contributed by atoms with van der Waals surface area (Å²) in [5.74, 6) is 0. The molecule has 0 saturated heterocycles. The Hall–Kier alpha value is -0.370. The molecule has 1 rings (SSSR count). The normalized spacial score (nSPS) is 22.3. The number of aryl methyl sites for hydroxylation is 2. The van der Waals surface area contributed by atoms with Crippen LogP contribution in [0.2, 0.25) is 0 Å². The molecule has 0 aliphatic rings. The molecule has 2 heteroatoms. The lowest BCUT2D eigenvalue weighted by atomic mass is 10.3. The van der Waals surface area contributed by atoms with Gasteiger partial charge in [-0.3, -0.25) is 4.98 Å². The largest absolute Gasteiger partial charge is 0.261 e. The second kappa shape index (κ2) is 2.48. The summed E-state index contributed by atoms with van der Waals surface area (Å²) < 4.78 is 43.0. The van der Waals surface area contributed by atoms with Crippen LogP contribution in [0.1, 0.15) is 19.5 Å². The lowest BCUT2D eigenvalue weighted by molar-refractivity contribution is 1.16. The van der Waals surface area contributed by atoms with Crippen LogP contribution >= 0.6 is 15.9 Å². The van der Waals surface area contributed by atoms with Crippen molar-refractivity contribution >= 4 is 15.9 Å². The van der Waals surface area contributed by atoms with Crippen molar-refractivity contribution in [3.05, 3.63) is 28.0 Å². The molecule has 0 spiro atoms. The first-order valence-corrected chi connectivity index (χ1v) is 3.08. The van der Waals surface area contributed by atoms with Gasteiger partial charge in [0.05, 0.1) is 0 Å². The predicted molar refractivity (Wildman–Crippen MR) is 41.4 cm³/mol. The van der Waals surface area contributed by atoms with Gasteiger partial charge in [0, 0.05) is 24.6 Å². The number of hydrogen-bond acceptors (Lipinski definition) is 1. The standard InChI is InChI=1S/C7H8BrN/c1-5-4-9-6(2)3-7(5)8/h3-4H,1-2H3/i1D3,2D3. The molecule has 1 heterocycles. The Balaban J connectivity index is 3.21. The van der Waals surface area contributed by atoms with Gasteiger partial charge in [-0.25, -0.2) is 0 Å². The van der Waals surface area contributed by atoms with Crippen LogP contribution in [-0.4, -0.2) is 4.98 Å². The molecule has 9 heavy (non-hydrogen) atoms. The summed E-state index contributed by atoms with van der Waals surface area (Å²) in [5.41, 5.74) is -0.113. The van der Waals surface area contributed by atoms with E-state index in [4.69, 9.17) is 8.22 Å². The first-order valence-electron chi connectivity index (χ1n) is 5.29. The molecular formula is C7H8BrN. The number of aromatic nitrogens is 1. The molecule has 0 unspecified atom stereocenters. The van der Waals surface area contributed by atoms with Gasteiger partial charge < -0.3 is 0 Å². The Morgan fingerprint density at radius 1 is 1.67 bits per heavy atom. The lowest BCUT2D eigenvalue weighted by Crippen LogP contribution is -1.82. The average molecular weight is 192 g/mol. The van der Waals surface area contributed by atoms with Gasteiger partial charge in [-0.2, -0.15) is 0 Å². The van der Waals surface area contributed by atoms with Crippen molar-refractivity contribution in [2.24, 2.45) is 0 Å². The number of hydrogen-bond donors (Lipinski definition) is 0. The van der Waals surface area contributed by atoms with Gasteiger partial charge in [0.2, 0.25) is 0 Å². The molecule has 0 atom stereocenters. The fraction of sp³-hybridized carbons (Fsp3) is 0.286. The summed E-state index contributed by atoms with van der Waals surface area (Å²) in [7, 11) is 0. The maximum atomic E-state index is 7.16.